The van der Waals surface area contributed by atoms with Gasteiger partial charge < -0.3 is 20.6 Å². The molecule has 1 aromatic carbocycles. The third-order valence-corrected chi connectivity index (χ3v) is 7.23. The van der Waals surface area contributed by atoms with Gasteiger partial charge in [-0.05, 0) is 62.8 Å². The van der Waals surface area contributed by atoms with E-state index < -0.39 is 5.60 Å². The Morgan fingerprint density at radius 3 is 2.47 bits per heavy atom. The van der Waals surface area contributed by atoms with Gasteiger partial charge in [0.1, 0.15) is 11.7 Å². The zero-order chi connectivity index (χ0) is 24.9. The molecule has 6 rings (SSSR count). The summed E-state index contributed by atoms with van der Waals surface area (Å²) in [5.41, 5.74) is 0.437. The van der Waals surface area contributed by atoms with Crippen LogP contribution in [0.1, 0.15) is 38.5 Å². The van der Waals surface area contributed by atoms with E-state index in [-0.39, 0.29) is 36.0 Å². The number of carbonyl (C=O) groups excluding carboxylic acids is 2. The van der Waals surface area contributed by atoms with Gasteiger partial charge >= 0.3 is 6.03 Å². The molecular formula is C25H29N7O4. The predicted octanol–water partition coefficient (Wildman–Crippen LogP) is 1.63. The second-order valence-corrected chi connectivity index (χ2v) is 10.2. The van der Waals surface area contributed by atoms with E-state index in [1.165, 1.54) is 17.1 Å². The number of aromatic nitrogens is 4. The van der Waals surface area contributed by atoms with Crippen molar-refractivity contribution in [2.45, 2.75) is 56.7 Å². The van der Waals surface area contributed by atoms with Gasteiger partial charge in [-0.25, -0.2) is 14.5 Å². The van der Waals surface area contributed by atoms with Crippen LogP contribution in [0.3, 0.4) is 0 Å². The van der Waals surface area contributed by atoms with E-state index in [0.717, 1.165) is 25.7 Å². The number of nitrogens with one attached hydrogen (secondary N) is 2. The molecule has 3 aliphatic rings. The Bertz CT molecular complexity index is 1360. The molecule has 11 heteroatoms. The Morgan fingerprint density at radius 1 is 1.08 bits per heavy atom. The Kier molecular flexibility index (Phi) is 5.51. The van der Waals surface area contributed by atoms with E-state index in [1.54, 1.807) is 28.9 Å². The number of likely N-dealkylation sites (tertiary alicyclic amines) is 1. The number of rotatable bonds is 6. The largest absolute Gasteiger partial charge is 0.388 e. The van der Waals surface area contributed by atoms with Crippen molar-refractivity contribution >= 4 is 28.7 Å². The summed E-state index contributed by atoms with van der Waals surface area (Å²) >= 11 is 0. The molecule has 3 aromatic rings. The van der Waals surface area contributed by atoms with Crippen molar-refractivity contribution in [1.29, 1.82) is 0 Å². The van der Waals surface area contributed by atoms with E-state index in [1.807, 2.05) is 4.90 Å². The van der Waals surface area contributed by atoms with Crippen LogP contribution in [0.5, 0.6) is 0 Å². The first-order valence-corrected chi connectivity index (χ1v) is 12.5. The maximum atomic E-state index is 13.2. The van der Waals surface area contributed by atoms with Gasteiger partial charge in [0, 0.05) is 30.7 Å². The molecule has 0 bridgehead atoms. The van der Waals surface area contributed by atoms with Crippen molar-refractivity contribution < 1.29 is 14.7 Å². The van der Waals surface area contributed by atoms with Crippen molar-refractivity contribution in [1.82, 2.24) is 29.5 Å². The molecule has 11 nitrogen and oxygen atoms in total. The summed E-state index contributed by atoms with van der Waals surface area (Å²) in [6.45, 7) is 1.12. The molecule has 3 fully saturated rings. The third-order valence-electron chi connectivity index (χ3n) is 7.23. The lowest BCUT2D eigenvalue weighted by Gasteiger charge is -2.38. The summed E-state index contributed by atoms with van der Waals surface area (Å²) in [4.78, 5) is 43.7. The molecule has 0 atom stereocenters. The summed E-state index contributed by atoms with van der Waals surface area (Å²) in [6, 6.07) is 7.19. The molecule has 2 aliphatic carbocycles. The smallest absolute Gasteiger partial charge is 0.319 e. The Balaban J connectivity index is 1.15. The Labute approximate surface area is 207 Å². The minimum atomic E-state index is -1.07. The van der Waals surface area contributed by atoms with Gasteiger partial charge in [-0.1, -0.05) is 0 Å². The molecular weight excluding hydrogens is 462 g/mol. The van der Waals surface area contributed by atoms with Crippen LogP contribution >= 0.6 is 0 Å². The molecule has 0 unspecified atom stereocenters. The maximum Gasteiger partial charge on any atom is 0.319 e. The second kappa shape index (κ2) is 8.74. The van der Waals surface area contributed by atoms with E-state index >= 15 is 0 Å². The van der Waals surface area contributed by atoms with Crippen molar-refractivity contribution in [3.8, 4) is 5.69 Å². The number of nitrogens with zero attached hydrogens (tertiary/aromatic N) is 5. The number of benzene rings is 1. The van der Waals surface area contributed by atoms with Crippen LogP contribution in [0.2, 0.25) is 0 Å². The average molecular weight is 492 g/mol. The fourth-order valence-corrected chi connectivity index (χ4v) is 4.72. The normalized spacial score (nSPS) is 19.3. The topological polar surface area (TPSA) is 134 Å². The lowest BCUT2D eigenvalue weighted by Crippen LogP contribution is -2.50. The first-order chi connectivity index (χ1) is 17.4. The highest BCUT2D eigenvalue weighted by molar-refractivity contribution is 5.89. The second-order valence-electron chi connectivity index (χ2n) is 10.2. The van der Waals surface area contributed by atoms with E-state index in [2.05, 4.69) is 20.7 Å². The van der Waals surface area contributed by atoms with Crippen molar-refractivity contribution in [3.05, 3.63) is 47.1 Å². The highest BCUT2D eigenvalue weighted by atomic mass is 16.3. The minimum Gasteiger partial charge on any atom is -0.388 e. The third kappa shape index (κ3) is 4.58. The quantitative estimate of drug-likeness (QED) is 0.480. The van der Waals surface area contributed by atoms with E-state index in [4.69, 9.17) is 0 Å². The summed E-state index contributed by atoms with van der Waals surface area (Å²) < 4.78 is 3.00. The number of hydrogen-bond donors (Lipinski definition) is 3. The van der Waals surface area contributed by atoms with Gasteiger partial charge in [0.15, 0.2) is 5.65 Å². The van der Waals surface area contributed by atoms with Gasteiger partial charge in [0.2, 0.25) is 5.91 Å². The predicted molar refractivity (Wildman–Crippen MR) is 132 cm³/mol. The fourth-order valence-electron chi connectivity index (χ4n) is 4.72. The van der Waals surface area contributed by atoms with Crippen molar-refractivity contribution in [2.75, 3.05) is 18.4 Å². The molecule has 188 valence electrons. The molecule has 0 spiro atoms. The molecule has 36 heavy (non-hydrogen) atoms. The fraction of sp³-hybridized carbons (Fsp3) is 0.480. The molecule has 3 heterocycles. The monoisotopic (exact) mass is 491 g/mol. The van der Waals surface area contributed by atoms with Gasteiger partial charge in [0.05, 0.1) is 24.0 Å². The minimum absolute atomic E-state index is 0.120. The van der Waals surface area contributed by atoms with Crippen LogP contribution in [0.4, 0.5) is 10.5 Å². The summed E-state index contributed by atoms with van der Waals surface area (Å²) in [5.74, 6) is 0.358. The van der Waals surface area contributed by atoms with Gasteiger partial charge in [-0.2, -0.15) is 5.10 Å². The molecule has 2 saturated carbocycles. The lowest BCUT2D eigenvalue weighted by molar-refractivity contribution is -0.137. The van der Waals surface area contributed by atoms with Gasteiger partial charge in [-0.15, -0.1) is 0 Å². The highest BCUT2D eigenvalue weighted by Crippen LogP contribution is 2.33. The summed E-state index contributed by atoms with van der Waals surface area (Å²) in [7, 11) is 0. The summed E-state index contributed by atoms with van der Waals surface area (Å²) in [5, 5.41) is 21.5. The van der Waals surface area contributed by atoms with E-state index in [0.29, 0.717) is 48.3 Å². The highest BCUT2D eigenvalue weighted by Gasteiger charge is 2.39. The zero-order valence-electron chi connectivity index (χ0n) is 19.9. The lowest BCUT2D eigenvalue weighted by atomic mass is 9.91. The molecule has 3 amide bonds. The Hall–Kier alpha value is -3.73. The zero-order valence-corrected chi connectivity index (χ0v) is 19.9. The van der Waals surface area contributed by atoms with E-state index in [9.17, 15) is 19.5 Å². The molecule has 3 N–H and O–H groups in total. The average Bonchev–Trinajstić information content (AvgIpc) is 3.80. The first-order valence-electron chi connectivity index (χ1n) is 12.5. The van der Waals surface area contributed by atoms with Crippen LogP contribution < -0.4 is 16.2 Å². The van der Waals surface area contributed by atoms with Gasteiger partial charge in [0.25, 0.3) is 5.56 Å². The maximum absolute atomic E-state index is 13.2. The molecule has 0 radical (unpaired) electrons. The number of aliphatic hydroxyl groups is 1. The van der Waals surface area contributed by atoms with Crippen LogP contribution in [0.25, 0.3) is 16.7 Å². The SMILES string of the molecule is O=C(Nc1ccc(-n2ncc3c(=O)n(CC4(O)CCN(C(=O)C5CC5)CC4)cnc32)cc1)NC1CC1. The number of carbonyl (C=O) groups is 2. The van der Waals surface area contributed by atoms with Crippen LogP contribution in [-0.2, 0) is 11.3 Å². The number of amides is 3. The first kappa shape index (κ1) is 22.7. The number of urea groups is 1. The molecule has 2 aromatic heterocycles. The van der Waals surface area contributed by atoms with Crippen LogP contribution in [0.15, 0.2) is 41.6 Å². The van der Waals surface area contributed by atoms with Gasteiger partial charge in [-0.3, -0.25) is 14.2 Å². The van der Waals surface area contributed by atoms with Crippen LogP contribution in [0, 0.1) is 5.92 Å². The number of hydrogen-bond acceptors (Lipinski definition) is 6. The van der Waals surface area contributed by atoms with Crippen molar-refractivity contribution in [3.63, 3.8) is 0 Å². The Morgan fingerprint density at radius 2 is 1.81 bits per heavy atom. The van der Waals surface area contributed by atoms with Crippen LogP contribution in [-0.4, -0.2) is 66.0 Å². The molecule has 1 aliphatic heterocycles. The standard InChI is InChI=1S/C25H29N7O4/c33-22(16-1-2-16)30-11-9-25(36,10-12-30)14-31-15-26-21-20(23(31)34)13-27-32(21)19-7-5-18(6-8-19)29-24(35)28-17-3-4-17/h5-8,13,15-17,36H,1-4,9-12,14H2,(H2,28,29,35). The van der Waals surface area contributed by atoms with Crippen molar-refractivity contribution in [2.24, 2.45) is 5.92 Å². The molecule has 1 saturated heterocycles. The number of fused-ring (bicyclic) bond motifs is 1. The summed E-state index contributed by atoms with van der Waals surface area (Å²) in [6.07, 6.45) is 7.75. The number of piperidine rings is 1. The number of anilines is 1.